The number of rotatable bonds is 3. The molecule has 0 amide bonds. The van der Waals surface area contributed by atoms with E-state index in [-0.39, 0.29) is 5.78 Å². The summed E-state index contributed by atoms with van der Waals surface area (Å²) in [6, 6.07) is 11.5. The number of carbonyl (C=O) groups excluding carboxylic acids is 1. The van der Waals surface area contributed by atoms with Gasteiger partial charge in [-0.05, 0) is 53.5 Å². The van der Waals surface area contributed by atoms with Crippen LogP contribution in [0.1, 0.15) is 27.0 Å². The Labute approximate surface area is 126 Å². The van der Waals surface area contributed by atoms with Crippen molar-refractivity contribution in [3.63, 3.8) is 0 Å². The number of Topliss-reactive ketones (excluding diaryl/α,β-unsaturated/α-hetero) is 1. The summed E-state index contributed by atoms with van der Waals surface area (Å²) in [5.41, 5.74) is 4.09. The first-order valence-electron chi connectivity index (χ1n) is 6.01. The van der Waals surface area contributed by atoms with Crippen LogP contribution in [-0.4, -0.2) is 5.78 Å². The summed E-state index contributed by atoms with van der Waals surface area (Å²) in [7, 11) is 0. The highest BCUT2D eigenvalue weighted by molar-refractivity contribution is 9.10. The summed E-state index contributed by atoms with van der Waals surface area (Å²) < 4.78 is 0.750. The van der Waals surface area contributed by atoms with Crippen LogP contribution in [0.15, 0.2) is 40.9 Å². The Hall–Kier alpha value is -1.12. The Balaban J connectivity index is 2.22. The largest absolute Gasteiger partial charge is 0.294 e. The molecule has 2 aromatic rings. The second kappa shape index (κ2) is 5.89. The fourth-order valence-corrected chi connectivity index (χ4v) is 2.62. The van der Waals surface area contributed by atoms with E-state index in [1.54, 1.807) is 18.2 Å². The molecule has 0 aliphatic rings. The van der Waals surface area contributed by atoms with Crippen LogP contribution >= 0.6 is 27.5 Å². The molecule has 0 saturated heterocycles. The highest BCUT2D eigenvalue weighted by atomic mass is 79.9. The molecule has 2 aromatic carbocycles. The lowest BCUT2D eigenvalue weighted by atomic mass is 10.00. The van der Waals surface area contributed by atoms with Crippen LogP contribution in [0.3, 0.4) is 0 Å². The first-order chi connectivity index (χ1) is 8.95. The van der Waals surface area contributed by atoms with Gasteiger partial charge in [0.1, 0.15) is 0 Å². The molecule has 0 aromatic heterocycles. The van der Waals surface area contributed by atoms with Crippen molar-refractivity contribution in [1.82, 2.24) is 0 Å². The highest BCUT2D eigenvalue weighted by Gasteiger charge is 2.09. The van der Waals surface area contributed by atoms with Gasteiger partial charge in [-0.3, -0.25) is 4.79 Å². The van der Waals surface area contributed by atoms with Gasteiger partial charge in [-0.2, -0.15) is 0 Å². The Morgan fingerprint density at radius 2 is 1.74 bits per heavy atom. The zero-order valence-electron chi connectivity index (χ0n) is 10.8. The van der Waals surface area contributed by atoms with Gasteiger partial charge in [0.05, 0.1) is 5.02 Å². The first-order valence-corrected chi connectivity index (χ1v) is 7.18. The molecule has 0 unspecified atom stereocenters. The van der Waals surface area contributed by atoms with Crippen molar-refractivity contribution in [2.75, 3.05) is 0 Å². The second-order valence-corrected chi connectivity index (χ2v) is 5.99. The number of aryl methyl sites for hydroxylation is 2. The lowest BCUT2D eigenvalue weighted by Gasteiger charge is -2.06. The SMILES string of the molecule is Cc1cc(C)cc(CC(=O)c2ccc(Cl)c(Br)c2)c1. The van der Waals surface area contributed by atoms with Crippen LogP contribution in [-0.2, 0) is 6.42 Å². The number of benzene rings is 2. The van der Waals surface area contributed by atoms with Crippen LogP contribution < -0.4 is 0 Å². The van der Waals surface area contributed by atoms with Crippen LogP contribution in [0.25, 0.3) is 0 Å². The molecule has 0 fully saturated rings. The van der Waals surface area contributed by atoms with E-state index in [0.29, 0.717) is 17.0 Å². The van der Waals surface area contributed by atoms with E-state index >= 15 is 0 Å². The van der Waals surface area contributed by atoms with E-state index in [0.717, 1.165) is 10.0 Å². The third-order valence-corrected chi connectivity index (χ3v) is 4.10. The Morgan fingerprint density at radius 3 is 2.32 bits per heavy atom. The monoisotopic (exact) mass is 336 g/mol. The molecule has 0 spiro atoms. The van der Waals surface area contributed by atoms with Crippen LogP contribution in [0.2, 0.25) is 5.02 Å². The predicted octanol–water partition coefficient (Wildman–Crippen LogP) is 5.14. The lowest BCUT2D eigenvalue weighted by molar-refractivity contribution is 0.0993. The Kier molecular flexibility index (Phi) is 4.43. The molecule has 0 saturated carbocycles. The van der Waals surface area contributed by atoms with Gasteiger partial charge in [-0.25, -0.2) is 0 Å². The molecule has 2 rings (SSSR count). The van der Waals surface area contributed by atoms with Crippen molar-refractivity contribution in [1.29, 1.82) is 0 Å². The fourth-order valence-electron chi connectivity index (χ4n) is 2.13. The number of carbonyl (C=O) groups is 1. The maximum Gasteiger partial charge on any atom is 0.167 e. The zero-order valence-corrected chi connectivity index (χ0v) is 13.2. The summed E-state index contributed by atoms with van der Waals surface area (Å²) in [5.74, 6) is 0.0994. The van der Waals surface area contributed by atoms with E-state index in [2.05, 4.69) is 34.1 Å². The molecule has 0 aliphatic carbocycles. The maximum atomic E-state index is 12.2. The topological polar surface area (TPSA) is 17.1 Å². The third-order valence-electron chi connectivity index (χ3n) is 2.89. The highest BCUT2D eigenvalue weighted by Crippen LogP contribution is 2.24. The van der Waals surface area contributed by atoms with Gasteiger partial charge in [0, 0.05) is 16.5 Å². The summed E-state index contributed by atoms with van der Waals surface area (Å²) in [6.45, 7) is 4.08. The Bertz CT molecular complexity index is 614. The molecule has 0 aliphatic heterocycles. The lowest BCUT2D eigenvalue weighted by Crippen LogP contribution is -2.04. The van der Waals surface area contributed by atoms with E-state index in [1.165, 1.54) is 11.1 Å². The van der Waals surface area contributed by atoms with Crippen LogP contribution in [0.5, 0.6) is 0 Å². The summed E-state index contributed by atoms with van der Waals surface area (Å²) in [6.07, 6.45) is 0.413. The van der Waals surface area contributed by atoms with E-state index < -0.39 is 0 Å². The van der Waals surface area contributed by atoms with Crippen molar-refractivity contribution >= 4 is 33.3 Å². The van der Waals surface area contributed by atoms with Gasteiger partial charge < -0.3 is 0 Å². The Morgan fingerprint density at radius 1 is 1.11 bits per heavy atom. The van der Waals surface area contributed by atoms with E-state index in [4.69, 9.17) is 11.6 Å². The molecule has 3 heteroatoms. The molecule has 0 bridgehead atoms. The number of hydrogen-bond acceptors (Lipinski definition) is 1. The van der Waals surface area contributed by atoms with Gasteiger partial charge in [-0.1, -0.05) is 40.9 Å². The van der Waals surface area contributed by atoms with Gasteiger partial charge in [0.15, 0.2) is 5.78 Å². The molecular formula is C16H14BrClO. The minimum atomic E-state index is 0.0994. The zero-order chi connectivity index (χ0) is 14.0. The van der Waals surface area contributed by atoms with Crippen molar-refractivity contribution in [3.8, 4) is 0 Å². The molecular weight excluding hydrogens is 324 g/mol. The quantitative estimate of drug-likeness (QED) is 0.708. The standard InChI is InChI=1S/C16H14BrClO/c1-10-5-11(2)7-12(6-10)8-16(19)13-3-4-15(18)14(17)9-13/h3-7,9H,8H2,1-2H3. The molecule has 1 nitrogen and oxygen atoms in total. The normalized spacial score (nSPS) is 10.5. The minimum Gasteiger partial charge on any atom is -0.294 e. The number of hydrogen-bond donors (Lipinski definition) is 0. The average Bonchev–Trinajstić information content (AvgIpc) is 2.31. The van der Waals surface area contributed by atoms with Gasteiger partial charge >= 0.3 is 0 Å². The molecule has 98 valence electrons. The van der Waals surface area contributed by atoms with Crippen molar-refractivity contribution in [3.05, 3.63) is 68.1 Å². The first kappa shape index (κ1) is 14.3. The van der Waals surface area contributed by atoms with Crippen molar-refractivity contribution in [2.45, 2.75) is 20.3 Å². The summed E-state index contributed by atoms with van der Waals surface area (Å²) >= 11 is 9.27. The van der Waals surface area contributed by atoms with E-state index in [9.17, 15) is 4.79 Å². The van der Waals surface area contributed by atoms with E-state index in [1.807, 2.05) is 13.8 Å². The van der Waals surface area contributed by atoms with Crippen LogP contribution in [0, 0.1) is 13.8 Å². The van der Waals surface area contributed by atoms with Gasteiger partial charge in [0.2, 0.25) is 0 Å². The third kappa shape index (κ3) is 3.68. The smallest absolute Gasteiger partial charge is 0.167 e. The van der Waals surface area contributed by atoms with Crippen LogP contribution in [0.4, 0.5) is 0 Å². The summed E-state index contributed by atoms with van der Waals surface area (Å²) in [4.78, 5) is 12.2. The maximum absolute atomic E-state index is 12.2. The number of halogens is 2. The molecule has 0 N–H and O–H groups in total. The predicted molar refractivity (Wildman–Crippen MR) is 83.1 cm³/mol. The molecule has 0 radical (unpaired) electrons. The molecule has 0 heterocycles. The number of ketones is 1. The van der Waals surface area contributed by atoms with Gasteiger partial charge in [-0.15, -0.1) is 0 Å². The fraction of sp³-hybridized carbons (Fsp3) is 0.188. The van der Waals surface area contributed by atoms with Crippen molar-refractivity contribution in [2.24, 2.45) is 0 Å². The average molecular weight is 338 g/mol. The second-order valence-electron chi connectivity index (χ2n) is 4.72. The van der Waals surface area contributed by atoms with Gasteiger partial charge in [0.25, 0.3) is 0 Å². The van der Waals surface area contributed by atoms with Crippen molar-refractivity contribution < 1.29 is 4.79 Å². The summed E-state index contributed by atoms with van der Waals surface area (Å²) in [5, 5.41) is 0.614. The molecule has 0 atom stereocenters. The molecule has 19 heavy (non-hydrogen) atoms. The minimum absolute atomic E-state index is 0.0994.